The van der Waals surface area contributed by atoms with Gasteiger partial charge in [-0.1, -0.05) is 30.3 Å². The van der Waals surface area contributed by atoms with Crippen molar-refractivity contribution in [2.24, 2.45) is 0 Å². The molecule has 0 radical (unpaired) electrons. The van der Waals surface area contributed by atoms with Crippen molar-refractivity contribution in [3.05, 3.63) is 77.5 Å². The van der Waals surface area contributed by atoms with Gasteiger partial charge in [0.2, 0.25) is 5.91 Å². The van der Waals surface area contributed by atoms with Crippen molar-refractivity contribution in [1.82, 2.24) is 4.98 Å². The number of hydrogen-bond donors (Lipinski definition) is 1. The lowest BCUT2D eigenvalue weighted by atomic mass is 9.94. The van der Waals surface area contributed by atoms with Crippen molar-refractivity contribution >= 4 is 11.7 Å². The Morgan fingerprint density at radius 2 is 1.68 bits per heavy atom. The summed E-state index contributed by atoms with van der Waals surface area (Å²) in [6.45, 7) is 0. The first-order chi connectivity index (χ1) is 15.1. The number of amides is 1. The lowest BCUT2D eigenvalue weighted by molar-refractivity contribution is -0.118. The maximum Gasteiger partial charge on any atom is 0.236 e. The van der Waals surface area contributed by atoms with Gasteiger partial charge < -0.3 is 19.5 Å². The van der Waals surface area contributed by atoms with Crippen LogP contribution in [0.1, 0.15) is 29.5 Å². The fraction of sp³-hybridized carbons (Fsp3) is 0.280. The fourth-order valence-corrected chi connectivity index (χ4v) is 3.81. The fourth-order valence-electron chi connectivity index (χ4n) is 3.81. The van der Waals surface area contributed by atoms with E-state index in [0.717, 1.165) is 35.3 Å². The largest absolute Gasteiger partial charge is 0.496 e. The minimum absolute atomic E-state index is 0.0512. The molecule has 1 amide bonds. The highest BCUT2D eigenvalue weighted by Crippen LogP contribution is 2.50. The van der Waals surface area contributed by atoms with Crippen molar-refractivity contribution in [3.63, 3.8) is 0 Å². The number of hydrogen-bond acceptors (Lipinski definition) is 5. The second-order valence-electron chi connectivity index (χ2n) is 7.65. The second kappa shape index (κ2) is 8.68. The Balaban J connectivity index is 1.46. The predicted octanol–water partition coefficient (Wildman–Crippen LogP) is 4.37. The molecule has 4 rings (SSSR count). The van der Waals surface area contributed by atoms with Crippen molar-refractivity contribution in [2.75, 3.05) is 26.6 Å². The number of aromatic nitrogens is 1. The van der Waals surface area contributed by atoms with E-state index in [9.17, 15) is 4.79 Å². The molecule has 0 aliphatic heterocycles. The molecule has 0 bridgehead atoms. The number of anilines is 1. The Morgan fingerprint density at radius 1 is 0.935 bits per heavy atom. The third-order valence-corrected chi connectivity index (χ3v) is 5.77. The average Bonchev–Trinajstić information content (AvgIpc) is 3.62. The smallest absolute Gasteiger partial charge is 0.236 e. The minimum Gasteiger partial charge on any atom is -0.496 e. The van der Waals surface area contributed by atoms with Gasteiger partial charge in [0.25, 0.3) is 0 Å². The quantitative estimate of drug-likeness (QED) is 0.588. The molecule has 1 heterocycles. The Labute approximate surface area is 182 Å². The van der Waals surface area contributed by atoms with Crippen LogP contribution in [0.2, 0.25) is 0 Å². The third kappa shape index (κ3) is 4.19. The molecule has 1 fully saturated rings. The maximum atomic E-state index is 13.1. The number of carbonyl (C=O) groups is 1. The summed E-state index contributed by atoms with van der Waals surface area (Å²) in [4.78, 5) is 17.5. The van der Waals surface area contributed by atoms with Gasteiger partial charge in [0, 0.05) is 12.6 Å². The number of para-hydroxylation sites is 1. The van der Waals surface area contributed by atoms with Gasteiger partial charge in [0.15, 0.2) is 11.5 Å². The molecule has 1 saturated carbocycles. The summed E-state index contributed by atoms with van der Waals surface area (Å²) in [5.74, 6) is 2.61. The van der Waals surface area contributed by atoms with Crippen LogP contribution in [0.5, 0.6) is 17.2 Å². The van der Waals surface area contributed by atoms with Crippen LogP contribution >= 0.6 is 0 Å². The second-order valence-corrected chi connectivity index (χ2v) is 7.65. The Kier molecular flexibility index (Phi) is 5.80. The SMILES string of the molecule is COc1ccccc1Cc1ccc(NC(=O)C2(c3ccc(OC)c(OC)c3)CC2)nc1. The highest BCUT2D eigenvalue weighted by molar-refractivity contribution is 6.01. The van der Waals surface area contributed by atoms with Crippen molar-refractivity contribution in [3.8, 4) is 17.2 Å². The van der Waals surface area contributed by atoms with Crippen LogP contribution in [0.3, 0.4) is 0 Å². The van der Waals surface area contributed by atoms with Crippen LogP contribution in [0.25, 0.3) is 0 Å². The van der Waals surface area contributed by atoms with E-state index in [1.807, 2.05) is 54.6 Å². The minimum atomic E-state index is -0.544. The normalized spacial score (nSPS) is 13.9. The summed E-state index contributed by atoms with van der Waals surface area (Å²) in [7, 11) is 4.86. The van der Waals surface area contributed by atoms with Crippen LogP contribution in [0.4, 0.5) is 5.82 Å². The van der Waals surface area contributed by atoms with Gasteiger partial charge in [0.05, 0.1) is 26.7 Å². The van der Waals surface area contributed by atoms with Gasteiger partial charge in [-0.3, -0.25) is 4.79 Å². The van der Waals surface area contributed by atoms with E-state index < -0.39 is 5.41 Å². The summed E-state index contributed by atoms with van der Waals surface area (Å²) >= 11 is 0. The van der Waals surface area contributed by atoms with Crippen LogP contribution in [0, 0.1) is 0 Å². The molecule has 6 nitrogen and oxygen atoms in total. The van der Waals surface area contributed by atoms with E-state index >= 15 is 0 Å². The molecule has 6 heteroatoms. The lowest BCUT2D eigenvalue weighted by Gasteiger charge is -2.17. The zero-order valence-corrected chi connectivity index (χ0v) is 18.0. The average molecular weight is 418 g/mol. The first-order valence-electron chi connectivity index (χ1n) is 10.2. The third-order valence-electron chi connectivity index (χ3n) is 5.77. The molecule has 3 aromatic rings. The number of rotatable bonds is 8. The Bertz CT molecular complexity index is 1080. The maximum absolute atomic E-state index is 13.1. The van der Waals surface area contributed by atoms with Crippen LogP contribution < -0.4 is 19.5 Å². The van der Waals surface area contributed by atoms with Gasteiger partial charge in [-0.05, 0) is 53.8 Å². The predicted molar refractivity (Wildman–Crippen MR) is 119 cm³/mol. The highest BCUT2D eigenvalue weighted by Gasteiger charge is 2.51. The van der Waals surface area contributed by atoms with Crippen molar-refractivity contribution < 1.29 is 19.0 Å². The summed E-state index contributed by atoms with van der Waals surface area (Å²) in [6, 6.07) is 17.4. The van der Waals surface area contributed by atoms with E-state index in [1.54, 1.807) is 27.5 Å². The van der Waals surface area contributed by atoms with Gasteiger partial charge >= 0.3 is 0 Å². The lowest BCUT2D eigenvalue weighted by Crippen LogP contribution is -2.28. The molecule has 0 spiro atoms. The Hall–Kier alpha value is -3.54. The summed E-state index contributed by atoms with van der Waals surface area (Å²) in [5.41, 5.74) is 2.52. The van der Waals surface area contributed by atoms with Crippen molar-refractivity contribution in [2.45, 2.75) is 24.7 Å². The molecule has 0 saturated heterocycles. The first kappa shape index (κ1) is 20.7. The highest BCUT2D eigenvalue weighted by atomic mass is 16.5. The zero-order chi connectivity index (χ0) is 21.8. The van der Waals surface area contributed by atoms with Gasteiger partial charge in [-0.2, -0.15) is 0 Å². The van der Waals surface area contributed by atoms with Crippen molar-refractivity contribution in [1.29, 1.82) is 0 Å². The van der Waals surface area contributed by atoms with E-state index in [-0.39, 0.29) is 5.91 Å². The van der Waals surface area contributed by atoms with Crippen LogP contribution in [0.15, 0.2) is 60.8 Å². The molecule has 31 heavy (non-hydrogen) atoms. The molecule has 1 aromatic heterocycles. The monoisotopic (exact) mass is 418 g/mol. The van der Waals surface area contributed by atoms with Crippen LogP contribution in [-0.4, -0.2) is 32.2 Å². The topological polar surface area (TPSA) is 69.7 Å². The van der Waals surface area contributed by atoms with E-state index in [2.05, 4.69) is 10.3 Å². The summed E-state index contributed by atoms with van der Waals surface area (Å²) in [6.07, 6.45) is 4.08. The Morgan fingerprint density at radius 3 is 2.32 bits per heavy atom. The van der Waals surface area contributed by atoms with Crippen LogP contribution in [-0.2, 0) is 16.6 Å². The van der Waals surface area contributed by atoms with Gasteiger partial charge in [-0.25, -0.2) is 4.98 Å². The van der Waals surface area contributed by atoms with E-state index in [4.69, 9.17) is 14.2 Å². The molecular weight excluding hydrogens is 392 g/mol. The summed E-state index contributed by atoms with van der Waals surface area (Å²) < 4.78 is 16.1. The first-order valence-corrected chi connectivity index (χ1v) is 10.2. The molecular formula is C25H26N2O4. The van der Waals surface area contributed by atoms with E-state index in [0.29, 0.717) is 23.7 Å². The molecule has 1 aliphatic carbocycles. The molecule has 1 N–H and O–H groups in total. The molecule has 0 unspecified atom stereocenters. The number of nitrogens with zero attached hydrogens (tertiary/aromatic N) is 1. The summed E-state index contributed by atoms with van der Waals surface area (Å²) in [5, 5.41) is 2.98. The molecule has 2 aromatic carbocycles. The number of carbonyl (C=O) groups excluding carboxylic acids is 1. The standard InChI is InChI=1S/C25H26N2O4/c1-29-20-7-5-4-6-18(20)14-17-8-11-23(26-16-17)27-24(28)25(12-13-25)19-9-10-21(30-2)22(15-19)31-3/h4-11,15-16H,12-14H2,1-3H3,(H,26,27,28). The number of methoxy groups -OCH3 is 3. The molecule has 160 valence electrons. The number of ether oxygens (including phenoxy) is 3. The number of nitrogens with one attached hydrogen (secondary N) is 1. The molecule has 1 aliphatic rings. The zero-order valence-electron chi connectivity index (χ0n) is 18.0. The number of pyridine rings is 1. The number of benzene rings is 2. The molecule has 0 atom stereocenters. The van der Waals surface area contributed by atoms with E-state index in [1.165, 1.54) is 0 Å². The van der Waals surface area contributed by atoms with Gasteiger partial charge in [0.1, 0.15) is 11.6 Å². The van der Waals surface area contributed by atoms with Gasteiger partial charge in [-0.15, -0.1) is 0 Å².